The first-order chi connectivity index (χ1) is 15.1. The Labute approximate surface area is 187 Å². The highest BCUT2D eigenvalue weighted by molar-refractivity contribution is 5.63. The molecule has 3 heteroatoms. The van der Waals surface area contributed by atoms with Crippen molar-refractivity contribution in [3.05, 3.63) is 83.2 Å². The number of nitrogens with zero attached hydrogens (tertiary/aromatic N) is 2. The summed E-state index contributed by atoms with van der Waals surface area (Å²) < 4.78 is 14.9. The molecule has 3 rings (SSSR count). The molecule has 0 bridgehead atoms. The van der Waals surface area contributed by atoms with Gasteiger partial charge >= 0.3 is 0 Å². The number of aryl methyl sites for hydroxylation is 2. The van der Waals surface area contributed by atoms with E-state index in [-0.39, 0.29) is 11.7 Å². The average Bonchev–Trinajstić information content (AvgIpc) is 2.80. The highest BCUT2D eigenvalue weighted by atomic mass is 19.1. The number of hydrogen-bond donors (Lipinski definition) is 0. The minimum atomic E-state index is -0.220. The van der Waals surface area contributed by atoms with Gasteiger partial charge in [-0.15, -0.1) is 0 Å². The molecule has 0 saturated heterocycles. The third-order valence-corrected chi connectivity index (χ3v) is 6.06. The summed E-state index contributed by atoms with van der Waals surface area (Å²) in [5.74, 6) is 0.759. The molecule has 0 aliphatic heterocycles. The third-order valence-electron chi connectivity index (χ3n) is 6.06. The van der Waals surface area contributed by atoms with Crippen LogP contribution in [0.5, 0.6) is 0 Å². The Hall–Kier alpha value is -2.55. The van der Waals surface area contributed by atoms with Crippen LogP contribution in [-0.2, 0) is 12.8 Å². The third kappa shape index (κ3) is 6.46. The predicted molar refractivity (Wildman–Crippen MR) is 128 cm³/mol. The van der Waals surface area contributed by atoms with Crippen molar-refractivity contribution < 1.29 is 4.39 Å². The highest BCUT2D eigenvalue weighted by Gasteiger charge is 2.13. The summed E-state index contributed by atoms with van der Waals surface area (Å²) >= 11 is 0. The summed E-state index contributed by atoms with van der Waals surface area (Å²) in [5, 5.41) is 0. The van der Waals surface area contributed by atoms with Gasteiger partial charge in [0.05, 0.1) is 0 Å². The van der Waals surface area contributed by atoms with Crippen molar-refractivity contribution in [2.24, 2.45) is 0 Å². The number of hydrogen-bond acceptors (Lipinski definition) is 2. The quantitative estimate of drug-likeness (QED) is 0.296. The summed E-state index contributed by atoms with van der Waals surface area (Å²) in [5.41, 5.74) is 4.86. The Morgan fingerprint density at radius 3 is 2.00 bits per heavy atom. The van der Waals surface area contributed by atoms with E-state index < -0.39 is 0 Å². The molecule has 2 nitrogen and oxygen atoms in total. The molecule has 0 aliphatic rings. The predicted octanol–water partition coefficient (Wildman–Crippen LogP) is 7.90. The molecule has 31 heavy (non-hydrogen) atoms. The maximum atomic E-state index is 14.9. The van der Waals surface area contributed by atoms with E-state index in [1.807, 2.05) is 12.1 Å². The largest absolute Gasteiger partial charge is 0.241 e. The fourth-order valence-corrected chi connectivity index (χ4v) is 3.94. The van der Waals surface area contributed by atoms with Crippen LogP contribution in [0.25, 0.3) is 11.1 Å². The highest BCUT2D eigenvalue weighted by Crippen LogP contribution is 2.29. The van der Waals surface area contributed by atoms with Crippen LogP contribution in [0, 0.1) is 5.82 Å². The molecule has 2 aromatic carbocycles. The molecule has 1 unspecified atom stereocenters. The van der Waals surface area contributed by atoms with Crippen LogP contribution in [0.3, 0.4) is 0 Å². The molecule has 0 radical (unpaired) electrons. The molecule has 0 saturated carbocycles. The maximum absolute atomic E-state index is 14.9. The van der Waals surface area contributed by atoms with Gasteiger partial charge in [-0.05, 0) is 42.0 Å². The number of halogens is 1. The van der Waals surface area contributed by atoms with E-state index in [9.17, 15) is 4.39 Å². The second kappa shape index (κ2) is 11.7. The van der Waals surface area contributed by atoms with Crippen molar-refractivity contribution >= 4 is 0 Å². The smallest absolute Gasteiger partial charge is 0.131 e. The number of benzene rings is 2. The standard InChI is InChI=1S/C28H35FN2/c1-4-6-8-10-22-12-14-23(15-13-22)21(3)24-16-17-26(27(29)18-24)25-19-30-28(31-20-25)11-9-7-5-2/h12-21H,4-11H2,1-3H3. The van der Waals surface area contributed by atoms with Crippen LogP contribution in [-0.4, -0.2) is 9.97 Å². The lowest BCUT2D eigenvalue weighted by Gasteiger charge is -2.15. The Balaban J connectivity index is 1.68. The Kier molecular flexibility index (Phi) is 8.75. The zero-order chi connectivity index (χ0) is 22.1. The van der Waals surface area contributed by atoms with Gasteiger partial charge in [-0.1, -0.05) is 82.9 Å². The van der Waals surface area contributed by atoms with E-state index in [4.69, 9.17) is 0 Å². The van der Waals surface area contributed by atoms with E-state index in [0.717, 1.165) is 36.2 Å². The van der Waals surface area contributed by atoms with Gasteiger partial charge in [-0.25, -0.2) is 14.4 Å². The van der Waals surface area contributed by atoms with E-state index in [2.05, 4.69) is 55.0 Å². The van der Waals surface area contributed by atoms with Crippen molar-refractivity contribution in [2.45, 2.75) is 78.1 Å². The van der Waals surface area contributed by atoms with Gasteiger partial charge in [0.25, 0.3) is 0 Å². The summed E-state index contributed by atoms with van der Waals surface area (Å²) in [6, 6.07) is 14.3. The van der Waals surface area contributed by atoms with Gasteiger partial charge in [0.1, 0.15) is 11.6 Å². The fourth-order valence-electron chi connectivity index (χ4n) is 3.94. The lowest BCUT2D eigenvalue weighted by molar-refractivity contribution is 0.627. The first-order valence-corrected chi connectivity index (χ1v) is 11.8. The van der Waals surface area contributed by atoms with Crippen LogP contribution in [0.2, 0.25) is 0 Å². The molecule has 0 fully saturated rings. The number of aromatic nitrogens is 2. The van der Waals surface area contributed by atoms with Crippen molar-refractivity contribution in [1.29, 1.82) is 0 Å². The zero-order valence-corrected chi connectivity index (χ0v) is 19.2. The average molecular weight is 419 g/mol. The number of rotatable bonds is 11. The molecule has 0 aliphatic carbocycles. The van der Waals surface area contributed by atoms with Gasteiger partial charge in [0.15, 0.2) is 0 Å². The van der Waals surface area contributed by atoms with E-state index >= 15 is 0 Å². The number of unbranched alkanes of at least 4 members (excludes halogenated alkanes) is 4. The van der Waals surface area contributed by atoms with Crippen molar-refractivity contribution in [2.75, 3.05) is 0 Å². The van der Waals surface area contributed by atoms with Gasteiger partial charge in [-0.2, -0.15) is 0 Å². The van der Waals surface area contributed by atoms with Crippen LogP contribution in [0.4, 0.5) is 4.39 Å². The SMILES string of the molecule is CCCCCc1ccc(C(C)c2ccc(-c3cnc(CCCCC)nc3)c(F)c2)cc1. The molecule has 1 heterocycles. The second-order valence-electron chi connectivity index (χ2n) is 8.50. The Bertz CT molecular complexity index is 932. The van der Waals surface area contributed by atoms with Gasteiger partial charge in [0.2, 0.25) is 0 Å². The lowest BCUT2D eigenvalue weighted by atomic mass is 9.91. The van der Waals surface area contributed by atoms with Crippen LogP contribution in [0.1, 0.15) is 87.7 Å². The monoisotopic (exact) mass is 418 g/mol. The van der Waals surface area contributed by atoms with Gasteiger partial charge in [0, 0.05) is 35.9 Å². The van der Waals surface area contributed by atoms with Crippen molar-refractivity contribution in [1.82, 2.24) is 9.97 Å². The second-order valence-corrected chi connectivity index (χ2v) is 8.50. The minimum absolute atomic E-state index is 0.144. The maximum Gasteiger partial charge on any atom is 0.131 e. The summed E-state index contributed by atoms with van der Waals surface area (Å²) in [6.45, 7) is 6.54. The molecule has 1 aromatic heterocycles. The molecule has 0 spiro atoms. The van der Waals surface area contributed by atoms with E-state index in [1.54, 1.807) is 18.5 Å². The molecule has 1 atom stereocenters. The topological polar surface area (TPSA) is 25.8 Å². The Morgan fingerprint density at radius 1 is 0.774 bits per heavy atom. The summed E-state index contributed by atoms with van der Waals surface area (Å²) in [7, 11) is 0. The minimum Gasteiger partial charge on any atom is -0.241 e. The Morgan fingerprint density at radius 2 is 1.39 bits per heavy atom. The molecule has 164 valence electrons. The molecule has 0 amide bonds. The first-order valence-electron chi connectivity index (χ1n) is 11.8. The zero-order valence-electron chi connectivity index (χ0n) is 19.2. The van der Waals surface area contributed by atoms with Crippen molar-refractivity contribution in [3.63, 3.8) is 0 Å². The first kappa shape index (κ1) is 23.1. The van der Waals surface area contributed by atoms with E-state index in [0.29, 0.717) is 5.56 Å². The van der Waals surface area contributed by atoms with E-state index in [1.165, 1.54) is 43.2 Å². The van der Waals surface area contributed by atoms with Gasteiger partial charge < -0.3 is 0 Å². The van der Waals surface area contributed by atoms with Crippen LogP contribution in [0.15, 0.2) is 54.9 Å². The molecule has 3 aromatic rings. The summed E-state index contributed by atoms with van der Waals surface area (Å²) in [4.78, 5) is 8.86. The fraction of sp³-hybridized carbons (Fsp3) is 0.429. The lowest BCUT2D eigenvalue weighted by Crippen LogP contribution is -1.99. The normalized spacial score (nSPS) is 12.1. The molecular weight excluding hydrogens is 383 g/mol. The summed E-state index contributed by atoms with van der Waals surface area (Å²) in [6.07, 6.45) is 12.7. The van der Waals surface area contributed by atoms with Gasteiger partial charge in [-0.3, -0.25) is 0 Å². The molecular formula is C28H35FN2. The molecule has 0 N–H and O–H groups in total. The van der Waals surface area contributed by atoms with Crippen LogP contribution < -0.4 is 0 Å². The van der Waals surface area contributed by atoms with Crippen LogP contribution >= 0.6 is 0 Å². The van der Waals surface area contributed by atoms with Crippen molar-refractivity contribution in [3.8, 4) is 11.1 Å².